The third-order valence-corrected chi connectivity index (χ3v) is 2.85. The molecular formula is C14H15N. The molecular weight excluding hydrogens is 182 g/mol. The van der Waals surface area contributed by atoms with Gasteiger partial charge in [-0.3, -0.25) is 0 Å². The van der Waals surface area contributed by atoms with Crippen LogP contribution in [0.5, 0.6) is 0 Å². The lowest BCUT2D eigenvalue weighted by Crippen LogP contribution is -1.89. The lowest BCUT2D eigenvalue weighted by atomic mass is 10.1. The monoisotopic (exact) mass is 197 g/mol. The van der Waals surface area contributed by atoms with E-state index < -0.39 is 0 Å². The van der Waals surface area contributed by atoms with Crippen molar-refractivity contribution < 1.29 is 0 Å². The minimum absolute atomic E-state index is 1.28. The molecule has 0 aliphatic carbocycles. The Morgan fingerprint density at radius 3 is 2.73 bits per heavy atom. The van der Waals surface area contributed by atoms with Crippen LogP contribution in [0.3, 0.4) is 0 Å². The largest absolute Gasteiger partial charge is 0.347 e. The highest BCUT2D eigenvalue weighted by Gasteiger charge is 2.07. The molecule has 15 heavy (non-hydrogen) atoms. The van der Waals surface area contributed by atoms with Gasteiger partial charge in [0.25, 0.3) is 0 Å². The van der Waals surface area contributed by atoms with Crippen LogP contribution in [0.25, 0.3) is 17.0 Å². The first-order chi connectivity index (χ1) is 7.25. The number of fused-ring (bicyclic) bond motifs is 1. The van der Waals surface area contributed by atoms with Gasteiger partial charge in [-0.05, 0) is 13.0 Å². The van der Waals surface area contributed by atoms with Crippen LogP contribution >= 0.6 is 0 Å². The van der Waals surface area contributed by atoms with Crippen molar-refractivity contribution in [2.24, 2.45) is 7.05 Å². The highest BCUT2D eigenvalue weighted by atomic mass is 14.9. The fraction of sp³-hybridized carbons (Fsp3) is 0.143. The Morgan fingerprint density at radius 2 is 2.00 bits per heavy atom. The summed E-state index contributed by atoms with van der Waals surface area (Å²) < 4.78 is 2.22. The summed E-state index contributed by atoms with van der Waals surface area (Å²) in [6.45, 7) is 5.84. The molecule has 76 valence electrons. The summed E-state index contributed by atoms with van der Waals surface area (Å²) in [5.41, 5.74) is 3.85. The topological polar surface area (TPSA) is 4.93 Å². The second-order valence-electron chi connectivity index (χ2n) is 3.67. The van der Waals surface area contributed by atoms with Gasteiger partial charge in [0.15, 0.2) is 0 Å². The van der Waals surface area contributed by atoms with Crippen molar-refractivity contribution in [1.82, 2.24) is 4.57 Å². The van der Waals surface area contributed by atoms with Crippen LogP contribution in [0.1, 0.15) is 11.3 Å². The Kier molecular flexibility index (Phi) is 2.46. The fourth-order valence-corrected chi connectivity index (χ4v) is 1.92. The van der Waals surface area contributed by atoms with Crippen LogP contribution in [0.2, 0.25) is 0 Å². The van der Waals surface area contributed by atoms with Gasteiger partial charge in [0.2, 0.25) is 0 Å². The number of aryl methyl sites for hydroxylation is 1. The number of allylic oxidation sites excluding steroid dienone is 2. The first-order valence-electron chi connectivity index (χ1n) is 5.09. The van der Waals surface area contributed by atoms with Gasteiger partial charge in [0.1, 0.15) is 0 Å². The highest BCUT2D eigenvalue weighted by molar-refractivity contribution is 5.91. The molecule has 0 amide bonds. The summed E-state index contributed by atoms with van der Waals surface area (Å²) in [6.07, 6.45) is 5.90. The van der Waals surface area contributed by atoms with Crippen LogP contribution in [-0.4, -0.2) is 4.57 Å². The van der Waals surface area contributed by atoms with Crippen molar-refractivity contribution in [3.8, 4) is 0 Å². The number of benzene rings is 1. The molecule has 2 rings (SSSR count). The second-order valence-corrected chi connectivity index (χ2v) is 3.67. The van der Waals surface area contributed by atoms with E-state index in [1.165, 1.54) is 22.2 Å². The summed E-state index contributed by atoms with van der Waals surface area (Å²) in [4.78, 5) is 0. The standard InChI is InChI=1S/C14H15N/c1-4-5-8-12-11(2)15(3)14-10-7-6-9-13(12)14/h4-10H,1H2,2-3H3. The SMILES string of the molecule is C=CC=Cc1c(C)n(C)c2ccccc12. The van der Waals surface area contributed by atoms with Crippen LogP contribution in [-0.2, 0) is 7.05 Å². The average molecular weight is 197 g/mol. The number of aromatic nitrogens is 1. The zero-order valence-electron chi connectivity index (χ0n) is 9.20. The van der Waals surface area contributed by atoms with Crippen LogP contribution in [0.15, 0.2) is 43.0 Å². The highest BCUT2D eigenvalue weighted by Crippen LogP contribution is 2.25. The molecule has 0 fully saturated rings. The van der Waals surface area contributed by atoms with Crippen LogP contribution in [0.4, 0.5) is 0 Å². The molecule has 0 radical (unpaired) electrons. The Labute approximate surface area is 90.3 Å². The van der Waals surface area contributed by atoms with E-state index in [1.54, 1.807) is 6.08 Å². The minimum Gasteiger partial charge on any atom is -0.347 e. The van der Waals surface area contributed by atoms with Gasteiger partial charge in [0.05, 0.1) is 0 Å². The number of hydrogen-bond donors (Lipinski definition) is 0. The third-order valence-electron chi connectivity index (χ3n) is 2.85. The van der Waals surface area contributed by atoms with Gasteiger partial charge < -0.3 is 4.57 Å². The Bertz CT molecular complexity index is 530. The van der Waals surface area contributed by atoms with Crippen molar-refractivity contribution in [2.75, 3.05) is 0 Å². The molecule has 0 saturated heterocycles. The van der Waals surface area contributed by atoms with E-state index in [9.17, 15) is 0 Å². The number of rotatable bonds is 2. The number of hydrogen-bond acceptors (Lipinski definition) is 0. The summed E-state index contributed by atoms with van der Waals surface area (Å²) in [6, 6.07) is 8.45. The lowest BCUT2D eigenvalue weighted by molar-refractivity contribution is 0.916. The first-order valence-corrected chi connectivity index (χ1v) is 5.09. The van der Waals surface area contributed by atoms with Crippen molar-refractivity contribution in [3.05, 3.63) is 54.3 Å². The van der Waals surface area contributed by atoms with Crippen molar-refractivity contribution in [1.29, 1.82) is 0 Å². The predicted octanol–water partition coefficient (Wildman–Crippen LogP) is 3.69. The molecule has 0 unspecified atom stereocenters. The lowest BCUT2D eigenvalue weighted by Gasteiger charge is -1.97. The summed E-state index contributed by atoms with van der Waals surface area (Å²) in [5.74, 6) is 0. The van der Waals surface area contributed by atoms with E-state index in [4.69, 9.17) is 0 Å². The molecule has 0 N–H and O–H groups in total. The molecule has 0 aliphatic heterocycles. The van der Waals surface area contributed by atoms with Gasteiger partial charge in [-0.25, -0.2) is 0 Å². The zero-order valence-corrected chi connectivity index (χ0v) is 9.20. The molecule has 1 heterocycles. The molecule has 1 aromatic carbocycles. The van der Waals surface area contributed by atoms with Gasteiger partial charge in [-0.1, -0.05) is 43.0 Å². The van der Waals surface area contributed by atoms with E-state index in [1.807, 2.05) is 6.08 Å². The minimum atomic E-state index is 1.28. The van der Waals surface area contributed by atoms with Crippen molar-refractivity contribution in [3.63, 3.8) is 0 Å². The van der Waals surface area contributed by atoms with Crippen molar-refractivity contribution in [2.45, 2.75) is 6.92 Å². The van der Waals surface area contributed by atoms with Gasteiger partial charge >= 0.3 is 0 Å². The molecule has 0 spiro atoms. The summed E-state index contributed by atoms with van der Waals surface area (Å²) in [5, 5.41) is 1.30. The van der Waals surface area contributed by atoms with Gasteiger partial charge in [0, 0.05) is 29.2 Å². The summed E-state index contributed by atoms with van der Waals surface area (Å²) >= 11 is 0. The average Bonchev–Trinajstić information content (AvgIpc) is 2.51. The van der Waals surface area contributed by atoms with E-state index >= 15 is 0 Å². The van der Waals surface area contributed by atoms with Crippen LogP contribution < -0.4 is 0 Å². The maximum absolute atomic E-state index is 3.70. The van der Waals surface area contributed by atoms with E-state index in [-0.39, 0.29) is 0 Å². The Hall–Kier alpha value is -1.76. The quantitative estimate of drug-likeness (QED) is 0.647. The van der Waals surface area contributed by atoms with Crippen LogP contribution in [0, 0.1) is 6.92 Å². The number of nitrogens with zero attached hydrogens (tertiary/aromatic N) is 1. The molecule has 1 heteroatoms. The van der Waals surface area contributed by atoms with E-state index in [2.05, 4.69) is 55.5 Å². The Balaban J connectivity index is 2.77. The Morgan fingerprint density at radius 1 is 1.27 bits per heavy atom. The maximum atomic E-state index is 3.70. The summed E-state index contributed by atoms with van der Waals surface area (Å²) in [7, 11) is 2.10. The molecule has 0 bridgehead atoms. The van der Waals surface area contributed by atoms with Gasteiger partial charge in [-0.2, -0.15) is 0 Å². The number of para-hydroxylation sites is 1. The molecule has 2 aromatic rings. The maximum Gasteiger partial charge on any atom is 0.0486 e. The van der Waals surface area contributed by atoms with Gasteiger partial charge in [-0.15, -0.1) is 0 Å². The molecule has 0 aliphatic rings. The van der Waals surface area contributed by atoms with E-state index in [0.29, 0.717) is 0 Å². The molecule has 1 nitrogen and oxygen atoms in total. The third kappa shape index (κ3) is 1.50. The molecule has 0 atom stereocenters. The zero-order chi connectivity index (χ0) is 10.8. The normalized spacial score (nSPS) is 11.3. The molecule has 1 aromatic heterocycles. The van der Waals surface area contributed by atoms with E-state index in [0.717, 1.165) is 0 Å². The second kappa shape index (κ2) is 3.77. The fourth-order valence-electron chi connectivity index (χ4n) is 1.92. The predicted molar refractivity (Wildman–Crippen MR) is 66.9 cm³/mol. The molecule has 0 saturated carbocycles. The first kappa shape index (κ1) is 9.78. The smallest absolute Gasteiger partial charge is 0.0486 e. The van der Waals surface area contributed by atoms with Crippen molar-refractivity contribution >= 4 is 17.0 Å².